The molecule has 10 nitrogen and oxygen atoms in total. The molecule has 186 valence electrons. The summed E-state index contributed by atoms with van der Waals surface area (Å²) in [5.41, 5.74) is 2.35. The number of thiazole rings is 1. The van der Waals surface area contributed by atoms with Gasteiger partial charge in [-0.2, -0.15) is 0 Å². The first kappa shape index (κ1) is 24.9. The largest absolute Gasteiger partial charge is 0.341 e. The van der Waals surface area contributed by atoms with Crippen LogP contribution in [0.15, 0.2) is 55.3 Å². The Bertz CT molecular complexity index is 1300. The summed E-state index contributed by atoms with van der Waals surface area (Å²) in [4.78, 5) is 50.6. The van der Waals surface area contributed by atoms with E-state index in [0.717, 1.165) is 10.4 Å². The molecule has 36 heavy (non-hydrogen) atoms. The monoisotopic (exact) mass is 505 g/mol. The van der Waals surface area contributed by atoms with Gasteiger partial charge in [-0.15, -0.1) is 11.3 Å². The highest BCUT2D eigenvalue weighted by Crippen LogP contribution is 2.27. The topological polar surface area (TPSA) is 120 Å². The highest BCUT2D eigenvalue weighted by Gasteiger charge is 2.25. The number of anilines is 3. The maximum absolute atomic E-state index is 13.5. The van der Waals surface area contributed by atoms with Crippen molar-refractivity contribution >= 4 is 45.8 Å². The minimum Gasteiger partial charge on any atom is -0.341 e. The molecule has 0 radical (unpaired) electrons. The first-order valence-corrected chi connectivity index (χ1v) is 12.2. The first-order valence-electron chi connectivity index (χ1n) is 11.4. The highest BCUT2D eigenvalue weighted by atomic mass is 32.1. The van der Waals surface area contributed by atoms with Crippen LogP contribution in [0.3, 0.4) is 0 Å². The Hall–Kier alpha value is -4.25. The van der Waals surface area contributed by atoms with Gasteiger partial charge in [0.2, 0.25) is 5.91 Å². The number of carbonyl (C=O) groups is 3. The van der Waals surface area contributed by atoms with Gasteiger partial charge in [0.1, 0.15) is 5.82 Å². The molecule has 3 heterocycles. The number of hydrogen-bond acceptors (Lipinski definition) is 7. The van der Waals surface area contributed by atoms with Gasteiger partial charge in [-0.1, -0.05) is 18.7 Å². The lowest BCUT2D eigenvalue weighted by Gasteiger charge is -2.34. The van der Waals surface area contributed by atoms with E-state index in [1.54, 1.807) is 53.4 Å². The summed E-state index contributed by atoms with van der Waals surface area (Å²) < 4.78 is 0. The van der Waals surface area contributed by atoms with Gasteiger partial charge in [0.05, 0.1) is 5.69 Å². The van der Waals surface area contributed by atoms with Crippen LogP contribution in [-0.4, -0.2) is 70.8 Å². The molecule has 3 N–H and O–H groups in total. The van der Waals surface area contributed by atoms with Crippen molar-refractivity contribution in [1.29, 1.82) is 0 Å². The zero-order chi connectivity index (χ0) is 25.7. The smallest absolute Gasteiger partial charge is 0.317 e. The lowest BCUT2D eigenvalue weighted by atomic mass is 10.1. The van der Waals surface area contributed by atoms with Crippen LogP contribution in [0.1, 0.15) is 15.2 Å². The van der Waals surface area contributed by atoms with Gasteiger partial charge in [-0.3, -0.25) is 9.59 Å². The number of amides is 4. The Morgan fingerprint density at radius 3 is 2.50 bits per heavy atom. The van der Waals surface area contributed by atoms with Gasteiger partial charge in [-0.05, 0) is 37.3 Å². The van der Waals surface area contributed by atoms with E-state index in [-0.39, 0.29) is 17.8 Å². The third-order valence-corrected chi connectivity index (χ3v) is 6.44. The maximum Gasteiger partial charge on any atom is 0.317 e. The second-order valence-corrected chi connectivity index (χ2v) is 9.37. The average molecular weight is 506 g/mol. The number of hydrogen-bond donors (Lipinski definition) is 3. The number of benzene rings is 1. The van der Waals surface area contributed by atoms with Crippen LogP contribution in [0, 0.1) is 6.92 Å². The van der Waals surface area contributed by atoms with Gasteiger partial charge >= 0.3 is 6.03 Å². The van der Waals surface area contributed by atoms with Crippen molar-refractivity contribution in [3.8, 4) is 11.3 Å². The van der Waals surface area contributed by atoms with E-state index < -0.39 is 0 Å². The molecule has 1 aliphatic rings. The number of pyridine rings is 1. The Morgan fingerprint density at radius 2 is 1.83 bits per heavy atom. The number of carbonyl (C=O) groups excluding carboxylic acids is 3. The molecule has 3 aromatic rings. The normalized spacial score (nSPS) is 13.2. The quantitative estimate of drug-likeness (QED) is 0.441. The van der Waals surface area contributed by atoms with Crippen LogP contribution in [0.5, 0.6) is 0 Å². The fourth-order valence-corrected chi connectivity index (χ4v) is 4.46. The summed E-state index contributed by atoms with van der Waals surface area (Å²) >= 11 is 1.49. The molecular formula is C25H27N7O3S. The lowest BCUT2D eigenvalue weighted by Crippen LogP contribution is -2.52. The molecule has 0 unspecified atom stereocenters. The number of rotatable bonds is 6. The zero-order valence-electron chi connectivity index (χ0n) is 20.1. The van der Waals surface area contributed by atoms with Gasteiger partial charge in [-0.25, -0.2) is 14.8 Å². The fourth-order valence-electron chi connectivity index (χ4n) is 3.79. The molecule has 4 rings (SSSR count). The molecule has 1 fully saturated rings. The second kappa shape index (κ2) is 11.0. The van der Waals surface area contributed by atoms with Crippen LogP contribution in [0.2, 0.25) is 0 Å². The molecular weight excluding hydrogens is 478 g/mol. The number of aromatic nitrogens is 2. The number of piperazine rings is 1. The fraction of sp³-hybridized carbons (Fsp3) is 0.240. The van der Waals surface area contributed by atoms with Crippen molar-refractivity contribution in [3.63, 3.8) is 0 Å². The van der Waals surface area contributed by atoms with Crippen molar-refractivity contribution < 1.29 is 14.4 Å². The van der Waals surface area contributed by atoms with Crippen molar-refractivity contribution in [2.45, 2.75) is 6.92 Å². The molecule has 2 aromatic heterocycles. The zero-order valence-corrected chi connectivity index (χ0v) is 20.9. The molecule has 0 aliphatic carbocycles. The summed E-state index contributed by atoms with van der Waals surface area (Å²) in [5, 5.41) is 9.23. The lowest BCUT2D eigenvalue weighted by molar-refractivity contribution is -0.111. The predicted octanol–water partition coefficient (Wildman–Crippen LogP) is 3.48. The van der Waals surface area contributed by atoms with Crippen LogP contribution in [-0.2, 0) is 4.79 Å². The summed E-state index contributed by atoms with van der Waals surface area (Å²) in [6.07, 6.45) is 2.97. The van der Waals surface area contributed by atoms with Gasteiger partial charge < -0.3 is 25.8 Å². The average Bonchev–Trinajstić information content (AvgIpc) is 3.31. The van der Waals surface area contributed by atoms with E-state index in [4.69, 9.17) is 4.98 Å². The standard InChI is InChI=1S/C25H27N7O3S/c1-4-22(33)28-19-7-5-6-17(12-19)20-13-18(14-21(29-20)30-24-27-15-16(2)36-24)23(34)31-8-10-32(11-9-31)25(35)26-3/h4-7,12-15H,1,8-11H2,2-3H3,(H,26,35)(H,28,33)(H,27,29,30). The van der Waals surface area contributed by atoms with Gasteiger partial charge in [0.25, 0.3) is 5.91 Å². The van der Waals surface area contributed by atoms with E-state index >= 15 is 0 Å². The van der Waals surface area contributed by atoms with Crippen molar-refractivity contribution in [2.24, 2.45) is 0 Å². The third-order valence-electron chi connectivity index (χ3n) is 5.61. The van der Waals surface area contributed by atoms with E-state index in [2.05, 4.69) is 27.5 Å². The van der Waals surface area contributed by atoms with Crippen LogP contribution >= 0.6 is 11.3 Å². The minimum absolute atomic E-state index is 0.148. The van der Waals surface area contributed by atoms with E-state index in [9.17, 15) is 14.4 Å². The SMILES string of the molecule is C=CC(=O)Nc1cccc(-c2cc(C(=O)N3CCN(C(=O)NC)CC3)cc(Nc3ncc(C)s3)n2)c1. The first-order chi connectivity index (χ1) is 17.4. The minimum atomic E-state index is -0.318. The Balaban J connectivity index is 1.64. The Kier molecular flexibility index (Phi) is 7.59. The van der Waals surface area contributed by atoms with Crippen molar-refractivity contribution in [2.75, 3.05) is 43.9 Å². The molecule has 1 aromatic carbocycles. The summed E-state index contributed by atoms with van der Waals surface area (Å²) in [6, 6.07) is 10.5. The third kappa shape index (κ3) is 5.87. The Morgan fingerprint density at radius 1 is 1.08 bits per heavy atom. The molecule has 0 spiro atoms. The van der Waals surface area contributed by atoms with Gasteiger partial charge in [0, 0.05) is 61.1 Å². The van der Waals surface area contributed by atoms with Gasteiger partial charge in [0.15, 0.2) is 5.13 Å². The highest BCUT2D eigenvalue weighted by molar-refractivity contribution is 7.15. The maximum atomic E-state index is 13.5. The number of nitrogens with one attached hydrogen (secondary N) is 3. The van der Waals surface area contributed by atoms with Crippen molar-refractivity contribution in [3.05, 3.63) is 65.7 Å². The van der Waals surface area contributed by atoms with E-state index in [1.807, 2.05) is 13.0 Å². The number of nitrogens with zero attached hydrogens (tertiary/aromatic N) is 4. The molecule has 0 bridgehead atoms. The number of aryl methyl sites for hydroxylation is 1. The molecule has 4 amide bonds. The van der Waals surface area contributed by atoms with Crippen LogP contribution < -0.4 is 16.0 Å². The molecule has 1 saturated heterocycles. The second-order valence-electron chi connectivity index (χ2n) is 8.14. The predicted molar refractivity (Wildman–Crippen MR) is 141 cm³/mol. The summed E-state index contributed by atoms with van der Waals surface area (Å²) in [6.45, 7) is 7.22. The molecule has 0 atom stereocenters. The van der Waals surface area contributed by atoms with Crippen molar-refractivity contribution in [1.82, 2.24) is 25.1 Å². The molecule has 11 heteroatoms. The molecule has 0 saturated carbocycles. The van der Waals surface area contributed by atoms with Crippen LogP contribution in [0.4, 0.5) is 21.4 Å². The summed E-state index contributed by atoms with van der Waals surface area (Å²) in [7, 11) is 1.59. The molecule has 1 aliphatic heterocycles. The Labute approximate surface area is 213 Å². The van der Waals surface area contributed by atoms with E-state index in [0.29, 0.717) is 54.1 Å². The summed E-state index contributed by atoms with van der Waals surface area (Å²) in [5.74, 6) is 0.0147. The van der Waals surface area contributed by atoms with Crippen LogP contribution in [0.25, 0.3) is 11.3 Å². The van der Waals surface area contributed by atoms with E-state index in [1.165, 1.54) is 17.4 Å². The number of urea groups is 1.